The fourth-order valence-corrected chi connectivity index (χ4v) is 4.53. The topological polar surface area (TPSA) is 39.2 Å². The first-order chi connectivity index (χ1) is 17.3. The fraction of sp³-hybridized carbons (Fsp3) is 0.172. The number of alkyl halides is 3. The van der Waals surface area contributed by atoms with Gasteiger partial charge in [-0.2, -0.15) is 13.2 Å². The maximum atomic E-state index is 13.4. The Balaban J connectivity index is 1.52. The van der Waals surface area contributed by atoms with E-state index >= 15 is 0 Å². The molecule has 0 aliphatic heterocycles. The van der Waals surface area contributed by atoms with Crippen LogP contribution in [0, 0.1) is 5.82 Å². The van der Waals surface area contributed by atoms with Crippen LogP contribution in [0.5, 0.6) is 0 Å². The molecule has 0 unspecified atom stereocenters. The van der Waals surface area contributed by atoms with Crippen LogP contribution in [-0.4, -0.2) is 11.0 Å². The molecule has 3 nitrogen and oxygen atoms in total. The number of carbonyl (C=O) groups excluding carboxylic acids is 1. The van der Waals surface area contributed by atoms with Crippen LogP contribution in [0.2, 0.25) is 0 Å². The number of nitrogens with zero attached hydrogens (tertiary/aromatic N) is 1. The van der Waals surface area contributed by atoms with E-state index < -0.39 is 17.7 Å². The van der Waals surface area contributed by atoms with Crippen molar-refractivity contribution in [1.29, 1.82) is 0 Å². The molecule has 0 spiro atoms. The van der Waals surface area contributed by atoms with Gasteiger partial charge in [-0.05, 0) is 77.9 Å². The van der Waals surface area contributed by atoms with E-state index in [0.29, 0.717) is 28.6 Å². The summed E-state index contributed by atoms with van der Waals surface area (Å²) in [5, 5.41) is 0.633. The van der Waals surface area contributed by atoms with Gasteiger partial charge in [0.2, 0.25) is 0 Å². The van der Waals surface area contributed by atoms with E-state index in [1.165, 1.54) is 24.3 Å². The van der Waals surface area contributed by atoms with Crippen molar-refractivity contribution in [3.05, 3.63) is 112 Å². The monoisotopic (exact) mass is 491 g/mol. The molecular weight excluding hydrogens is 470 g/mol. The summed E-state index contributed by atoms with van der Waals surface area (Å²) in [5.41, 5.74) is 3.66. The number of fused-ring (bicyclic) bond motifs is 2. The molecule has 7 heteroatoms. The number of allylic oxidation sites excluding steroid dienone is 1. The van der Waals surface area contributed by atoms with Crippen LogP contribution >= 0.6 is 0 Å². The molecule has 1 aliphatic carbocycles. The maximum absolute atomic E-state index is 13.4. The number of esters is 1. The number of rotatable bonds is 4. The highest BCUT2D eigenvalue weighted by Gasteiger charge is 2.30. The highest BCUT2D eigenvalue weighted by molar-refractivity contribution is 6.06. The third kappa shape index (κ3) is 4.87. The fourth-order valence-electron chi connectivity index (χ4n) is 4.53. The van der Waals surface area contributed by atoms with Crippen molar-refractivity contribution in [3.63, 3.8) is 0 Å². The summed E-state index contributed by atoms with van der Waals surface area (Å²) in [6.45, 7) is -0.285. The molecule has 4 aromatic rings. The Morgan fingerprint density at radius 1 is 0.972 bits per heavy atom. The zero-order chi connectivity index (χ0) is 25.3. The summed E-state index contributed by atoms with van der Waals surface area (Å²) in [6, 6.07) is 18.1. The van der Waals surface area contributed by atoms with Crippen molar-refractivity contribution >= 4 is 28.5 Å². The van der Waals surface area contributed by atoms with Gasteiger partial charge in [-0.15, -0.1) is 0 Å². The zero-order valence-electron chi connectivity index (χ0n) is 19.1. The molecule has 1 heterocycles. The number of aromatic nitrogens is 1. The highest BCUT2D eigenvalue weighted by atomic mass is 19.4. The Labute approximate surface area is 205 Å². The molecule has 0 bridgehead atoms. The lowest BCUT2D eigenvalue weighted by molar-refractivity contribution is -0.137. The quantitative estimate of drug-likeness (QED) is 0.218. The van der Waals surface area contributed by atoms with Gasteiger partial charge < -0.3 is 4.74 Å². The van der Waals surface area contributed by atoms with Crippen LogP contribution in [-0.2, 0) is 23.9 Å². The summed E-state index contributed by atoms with van der Waals surface area (Å²) in [5.74, 6) is -0.929. The second-order valence-corrected chi connectivity index (χ2v) is 8.68. The molecule has 1 aromatic heterocycles. The number of hydrogen-bond acceptors (Lipinski definition) is 3. The average Bonchev–Trinajstić information content (AvgIpc) is 2.87. The molecule has 0 radical (unpaired) electrons. The third-order valence-corrected chi connectivity index (χ3v) is 6.21. The van der Waals surface area contributed by atoms with Gasteiger partial charge in [0, 0.05) is 5.39 Å². The summed E-state index contributed by atoms with van der Waals surface area (Å²) in [4.78, 5) is 18.2. The Hall–Kier alpha value is -4.00. The summed E-state index contributed by atoms with van der Waals surface area (Å²) < 4.78 is 58.1. The number of para-hydroxylation sites is 1. The van der Waals surface area contributed by atoms with E-state index in [0.717, 1.165) is 41.7 Å². The van der Waals surface area contributed by atoms with E-state index in [-0.39, 0.29) is 18.0 Å². The van der Waals surface area contributed by atoms with Gasteiger partial charge in [-0.25, -0.2) is 14.2 Å². The lowest BCUT2D eigenvalue weighted by Crippen LogP contribution is -2.15. The largest absolute Gasteiger partial charge is 0.457 e. The van der Waals surface area contributed by atoms with Crippen molar-refractivity contribution in [1.82, 2.24) is 4.98 Å². The van der Waals surface area contributed by atoms with Gasteiger partial charge in [0.1, 0.15) is 12.4 Å². The average molecular weight is 491 g/mol. The molecule has 3 aromatic carbocycles. The van der Waals surface area contributed by atoms with E-state index in [2.05, 4.69) is 0 Å². The van der Waals surface area contributed by atoms with Gasteiger partial charge in [0.15, 0.2) is 0 Å². The number of hydrogen-bond donors (Lipinski definition) is 0. The van der Waals surface area contributed by atoms with Crippen molar-refractivity contribution < 1.29 is 27.1 Å². The third-order valence-electron chi connectivity index (χ3n) is 6.21. The SMILES string of the molecule is O=C(OCc1cccc(C(F)(F)F)c1)c1c2c(nc3ccccc13)C(=Cc1ccc(F)cc1)CCC2. The van der Waals surface area contributed by atoms with E-state index in [1.807, 2.05) is 18.2 Å². The minimum Gasteiger partial charge on any atom is -0.457 e. The van der Waals surface area contributed by atoms with Crippen LogP contribution in [0.25, 0.3) is 22.6 Å². The first-order valence-corrected chi connectivity index (χ1v) is 11.5. The zero-order valence-corrected chi connectivity index (χ0v) is 19.1. The summed E-state index contributed by atoms with van der Waals surface area (Å²) in [7, 11) is 0. The second kappa shape index (κ2) is 9.57. The van der Waals surface area contributed by atoms with Gasteiger partial charge >= 0.3 is 12.1 Å². The molecule has 0 amide bonds. The van der Waals surface area contributed by atoms with Crippen LogP contribution in [0.4, 0.5) is 17.6 Å². The predicted molar refractivity (Wildman–Crippen MR) is 130 cm³/mol. The summed E-state index contributed by atoms with van der Waals surface area (Å²) >= 11 is 0. The first kappa shape index (κ1) is 23.7. The molecular formula is C29H21F4NO2. The van der Waals surface area contributed by atoms with Gasteiger partial charge in [-0.3, -0.25) is 0 Å². The molecule has 0 atom stereocenters. The normalized spacial score (nSPS) is 14.6. The van der Waals surface area contributed by atoms with E-state index in [4.69, 9.17) is 9.72 Å². The van der Waals surface area contributed by atoms with Crippen molar-refractivity contribution in [2.75, 3.05) is 0 Å². The summed E-state index contributed by atoms with van der Waals surface area (Å²) in [6.07, 6.45) is -0.394. The van der Waals surface area contributed by atoms with Crippen molar-refractivity contribution in [2.45, 2.75) is 32.0 Å². The Morgan fingerprint density at radius 2 is 1.75 bits per heavy atom. The van der Waals surface area contributed by atoms with Gasteiger partial charge in [-0.1, -0.05) is 42.5 Å². The lowest BCUT2D eigenvalue weighted by Gasteiger charge is -2.22. The molecule has 0 fully saturated rings. The van der Waals surface area contributed by atoms with Crippen LogP contribution in [0.15, 0.2) is 72.8 Å². The Morgan fingerprint density at radius 3 is 2.53 bits per heavy atom. The maximum Gasteiger partial charge on any atom is 0.416 e. The molecule has 0 saturated carbocycles. The lowest BCUT2D eigenvalue weighted by atomic mass is 9.86. The van der Waals surface area contributed by atoms with Gasteiger partial charge in [0.25, 0.3) is 0 Å². The van der Waals surface area contributed by atoms with Crippen LogP contribution in [0.3, 0.4) is 0 Å². The van der Waals surface area contributed by atoms with Crippen LogP contribution in [0.1, 0.15) is 51.1 Å². The van der Waals surface area contributed by atoms with E-state index in [9.17, 15) is 22.4 Å². The minimum absolute atomic E-state index is 0.252. The second-order valence-electron chi connectivity index (χ2n) is 8.68. The highest BCUT2D eigenvalue weighted by Crippen LogP contribution is 2.37. The molecule has 1 aliphatic rings. The standard InChI is InChI=1S/C29H21F4NO2/c30-22-13-11-18(12-14-22)15-20-6-4-9-24-26(23-8-1-2-10-25(23)34-27(20)24)28(35)36-17-19-5-3-7-21(16-19)29(31,32)33/h1-3,5,7-8,10-16H,4,6,9,17H2. The number of halogens is 4. The molecule has 182 valence electrons. The smallest absolute Gasteiger partial charge is 0.416 e. The number of ether oxygens (including phenoxy) is 1. The molecule has 0 saturated heterocycles. The molecule has 36 heavy (non-hydrogen) atoms. The minimum atomic E-state index is -4.48. The number of benzene rings is 3. The Kier molecular flexibility index (Phi) is 6.31. The number of pyridine rings is 1. The number of carbonyl (C=O) groups is 1. The van der Waals surface area contributed by atoms with Gasteiger partial charge in [0.05, 0.1) is 22.3 Å². The van der Waals surface area contributed by atoms with Crippen LogP contribution < -0.4 is 0 Å². The Bertz CT molecular complexity index is 1470. The predicted octanol–water partition coefficient (Wildman–Crippen LogP) is 7.63. The molecule has 5 rings (SSSR count). The van der Waals surface area contributed by atoms with E-state index in [1.54, 1.807) is 24.3 Å². The molecule has 0 N–H and O–H groups in total. The first-order valence-electron chi connectivity index (χ1n) is 11.5. The van der Waals surface area contributed by atoms with Crippen molar-refractivity contribution in [3.8, 4) is 0 Å². The van der Waals surface area contributed by atoms with Crippen molar-refractivity contribution in [2.24, 2.45) is 0 Å².